The first kappa shape index (κ1) is 36.0. The lowest BCUT2D eigenvalue weighted by molar-refractivity contribution is -0.152. The molecule has 2 aliphatic rings. The van der Waals surface area contributed by atoms with Gasteiger partial charge in [0, 0.05) is 31.2 Å². The minimum Gasteiger partial charge on any atom is -0.457 e. The van der Waals surface area contributed by atoms with Crippen molar-refractivity contribution in [2.75, 3.05) is 7.11 Å². The van der Waals surface area contributed by atoms with Crippen molar-refractivity contribution in [3.05, 3.63) is 71.0 Å². The number of hydrogen-bond acceptors (Lipinski definition) is 7. The van der Waals surface area contributed by atoms with Gasteiger partial charge in [0.2, 0.25) is 0 Å². The van der Waals surface area contributed by atoms with E-state index in [2.05, 4.69) is 11.9 Å². The Morgan fingerprint density at radius 2 is 1.81 bits per heavy atom. The average molecular weight is 598 g/mol. The van der Waals surface area contributed by atoms with E-state index in [0.717, 1.165) is 42.4 Å². The summed E-state index contributed by atoms with van der Waals surface area (Å²) in [6.07, 6.45) is 13.3. The first-order valence-corrected chi connectivity index (χ1v) is 15.4. The zero-order valence-electron chi connectivity index (χ0n) is 26.8. The number of hydrogen-bond donors (Lipinski definition) is 2. The zero-order valence-corrected chi connectivity index (χ0v) is 26.8. The zero-order chi connectivity index (χ0) is 31.9. The van der Waals surface area contributed by atoms with Crippen LogP contribution in [-0.2, 0) is 28.6 Å². The lowest BCUT2D eigenvalue weighted by Crippen LogP contribution is -2.43. The number of nitrogens with one attached hydrogen (secondary N) is 1. The quantitative estimate of drug-likeness (QED) is 0.289. The molecule has 2 rings (SSSR count). The Labute approximate surface area is 257 Å². The van der Waals surface area contributed by atoms with Crippen molar-refractivity contribution in [1.82, 2.24) is 5.32 Å². The minimum atomic E-state index is -1.47. The van der Waals surface area contributed by atoms with E-state index in [9.17, 15) is 19.5 Å². The van der Waals surface area contributed by atoms with Crippen LogP contribution in [0.15, 0.2) is 71.0 Å². The molecule has 0 saturated carbocycles. The summed E-state index contributed by atoms with van der Waals surface area (Å²) >= 11 is 0. The van der Waals surface area contributed by atoms with Gasteiger partial charge in [0.1, 0.15) is 18.3 Å². The molecule has 0 aromatic rings. The van der Waals surface area contributed by atoms with Crippen LogP contribution in [0.1, 0.15) is 92.4 Å². The fraction of sp³-hybridized carbons (Fsp3) is 0.571. The number of cyclic esters (lactones) is 1. The molecule has 238 valence electrons. The van der Waals surface area contributed by atoms with Gasteiger partial charge in [0.05, 0.1) is 12.5 Å². The van der Waals surface area contributed by atoms with Gasteiger partial charge in [-0.1, -0.05) is 62.6 Å². The van der Waals surface area contributed by atoms with Gasteiger partial charge in [0.25, 0.3) is 5.91 Å². The van der Waals surface area contributed by atoms with Gasteiger partial charge in [-0.2, -0.15) is 0 Å². The number of aliphatic hydroxyl groups is 1. The van der Waals surface area contributed by atoms with Crippen LogP contribution in [0.25, 0.3) is 0 Å². The Balaban J connectivity index is 2.54. The highest BCUT2D eigenvalue weighted by atomic mass is 16.5. The molecule has 0 aromatic carbocycles. The van der Waals surface area contributed by atoms with Crippen LogP contribution in [0, 0.1) is 5.92 Å². The van der Waals surface area contributed by atoms with Crippen molar-refractivity contribution in [3.63, 3.8) is 0 Å². The molecule has 5 unspecified atom stereocenters. The van der Waals surface area contributed by atoms with Crippen LogP contribution in [-0.4, -0.2) is 54.5 Å². The molecule has 0 aliphatic carbocycles. The average Bonchev–Trinajstić information content (AvgIpc) is 2.94. The maximum absolute atomic E-state index is 13.2. The second-order valence-corrected chi connectivity index (χ2v) is 11.8. The molecule has 8 heteroatoms. The summed E-state index contributed by atoms with van der Waals surface area (Å²) < 4.78 is 17.3. The molecule has 1 amide bonds. The molecule has 43 heavy (non-hydrogen) atoms. The van der Waals surface area contributed by atoms with E-state index in [1.165, 1.54) is 6.08 Å². The van der Waals surface area contributed by atoms with Crippen LogP contribution >= 0.6 is 0 Å². The smallest absolute Gasteiger partial charge is 0.333 e. The third-order valence-electron chi connectivity index (χ3n) is 7.83. The molecule has 0 saturated heterocycles. The number of aliphatic hydroxyl groups excluding tert-OH is 1. The highest BCUT2D eigenvalue weighted by Crippen LogP contribution is 2.23. The van der Waals surface area contributed by atoms with Crippen molar-refractivity contribution in [3.8, 4) is 0 Å². The van der Waals surface area contributed by atoms with Crippen molar-refractivity contribution >= 4 is 17.8 Å². The number of amides is 1. The second-order valence-electron chi connectivity index (χ2n) is 11.8. The topological polar surface area (TPSA) is 111 Å². The molecule has 0 spiro atoms. The summed E-state index contributed by atoms with van der Waals surface area (Å²) in [6.45, 7) is 13.6. The number of ether oxygens (including phenoxy) is 3. The normalized spacial score (nSPS) is 30.7. The van der Waals surface area contributed by atoms with Gasteiger partial charge in [-0.15, -0.1) is 0 Å². The van der Waals surface area contributed by atoms with Gasteiger partial charge in [0.15, 0.2) is 0 Å². The molecule has 0 aromatic heterocycles. The molecule has 0 fully saturated rings. The molecule has 2 aliphatic heterocycles. The molecule has 0 radical (unpaired) electrons. The van der Waals surface area contributed by atoms with E-state index in [0.29, 0.717) is 37.0 Å². The Bertz CT molecular complexity index is 1140. The predicted octanol–water partition coefficient (Wildman–Crippen LogP) is 6.33. The van der Waals surface area contributed by atoms with Crippen LogP contribution in [0.5, 0.6) is 0 Å². The van der Waals surface area contributed by atoms with E-state index in [1.807, 2.05) is 39.0 Å². The maximum Gasteiger partial charge on any atom is 0.333 e. The largest absolute Gasteiger partial charge is 0.457 e. The van der Waals surface area contributed by atoms with Crippen LogP contribution in [0.3, 0.4) is 0 Å². The van der Waals surface area contributed by atoms with Crippen LogP contribution < -0.4 is 5.32 Å². The number of allylic oxidation sites excluding steroid dienone is 5. The van der Waals surface area contributed by atoms with E-state index in [-0.39, 0.29) is 12.5 Å². The second kappa shape index (κ2) is 18.4. The lowest BCUT2D eigenvalue weighted by atomic mass is 9.96. The number of rotatable bonds is 3. The number of fused-ring (bicyclic) bond motifs is 3. The van der Waals surface area contributed by atoms with Crippen LogP contribution in [0.4, 0.5) is 0 Å². The van der Waals surface area contributed by atoms with E-state index >= 15 is 0 Å². The highest BCUT2D eigenvalue weighted by Gasteiger charge is 2.31. The van der Waals surface area contributed by atoms with Gasteiger partial charge in [-0.3, -0.25) is 9.59 Å². The molecule has 2 heterocycles. The van der Waals surface area contributed by atoms with Crippen LogP contribution in [0.2, 0.25) is 0 Å². The van der Waals surface area contributed by atoms with Crippen molar-refractivity contribution in [2.24, 2.45) is 5.92 Å². The highest BCUT2D eigenvalue weighted by molar-refractivity contribution is 5.87. The number of carbonyl (C=O) groups excluding carboxylic acids is 3. The summed E-state index contributed by atoms with van der Waals surface area (Å²) in [5, 5.41) is 13.7. The summed E-state index contributed by atoms with van der Waals surface area (Å²) in [5.41, 5.74) is 4.09. The fourth-order valence-corrected chi connectivity index (χ4v) is 5.04. The van der Waals surface area contributed by atoms with Gasteiger partial charge >= 0.3 is 11.9 Å². The van der Waals surface area contributed by atoms with Gasteiger partial charge in [-0.25, -0.2) is 4.79 Å². The monoisotopic (exact) mass is 597 g/mol. The van der Waals surface area contributed by atoms with Crippen molar-refractivity contribution < 1.29 is 33.7 Å². The van der Waals surface area contributed by atoms with Crippen molar-refractivity contribution in [1.29, 1.82) is 0 Å². The number of carbonyl (C=O) groups is 3. The Morgan fingerprint density at radius 3 is 2.51 bits per heavy atom. The molecule has 8 nitrogen and oxygen atoms in total. The fourth-order valence-electron chi connectivity index (χ4n) is 5.04. The molecular weight excluding hydrogens is 546 g/mol. The maximum atomic E-state index is 13.2. The minimum absolute atomic E-state index is 0.0249. The number of esters is 2. The van der Waals surface area contributed by atoms with Gasteiger partial charge in [-0.05, 0) is 76.2 Å². The molecular formula is C35H51NO7. The first-order valence-electron chi connectivity index (χ1n) is 15.4. The standard InChI is InChI=1S/C35H51NO7/c1-8-9-15-31-27(6)34(39)35(40)36-28-13-11-10-12-14-29(41-7)21-26(5)25(4)17-16-23(2)18-30(42-33(38)22-28)19-24(3)20-32(37)43-31/h9,15-17,19,22,27,29-31,34,39H,5,8,10-14,18,20-21H2,1-4,6-7H3,(H,36,40)/b15-9-,23-16-,24-19?,25-17?,28-22+. The molecule has 5 atom stereocenters. The molecule has 2 bridgehead atoms. The lowest BCUT2D eigenvalue weighted by Gasteiger charge is -2.25. The first-order chi connectivity index (χ1) is 20.4. The van der Waals surface area contributed by atoms with Crippen molar-refractivity contribution in [2.45, 2.75) is 117 Å². The number of methoxy groups -OCH3 is 1. The SMILES string of the molecule is C=C1CC(OC)CCCCC/C2=C\C(=O)OC(C=C(C)CC(=O)OC(/C=C\CC)C(C)C(O)C(=O)N2)C/C(C)=C\C=C1C. The summed E-state index contributed by atoms with van der Waals surface area (Å²) in [7, 11) is 1.72. The third-order valence-corrected chi connectivity index (χ3v) is 7.83. The Morgan fingerprint density at radius 1 is 1.07 bits per heavy atom. The predicted molar refractivity (Wildman–Crippen MR) is 169 cm³/mol. The third kappa shape index (κ3) is 12.9. The Kier molecular flexibility index (Phi) is 15.4. The van der Waals surface area contributed by atoms with Gasteiger partial charge < -0.3 is 24.6 Å². The van der Waals surface area contributed by atoms with E-state index < -0.39 is 42.1 Å². The summed E-state index contributed by atoms with van der Waals surface area (Å²) in [6, 6.07) is 0. The molecule has 2 N–H and O–H groups in total. The van der Waals surface area contributed by atoms with E-state index in [1.54, 1.807) is 33.1 Å². The summed E-state index contributed by atoms with van der Waals surface area (Å²) in [5.74, 6) is -2.50. The summed E-state index contributed by atoms with van der Waals surface area (Å²) in [4.78, 5) is 39.2. The Hall–Kier alpha value is -3.23. The van der Waals surface area contributed by atoms with E-state index in [4.69, 9.17) is 14.2 Å².